The van der Waals surface area contributed by atoms with Gasteiger partial charge in [-0.05, 0) is 79.7 Å². The maximum atomic E-state index is 14.8. The summed E-state index contributed by atoms with van der Waals surface area (Å²) in [5.74, 6) is -8.92. The number of nitrogens with one attached hydrogen (secondary N) is 6. The number of imide groups is 1. The highest BCUT2D eigenvalue weighted by Gasteiger charge is 2.44. The van der Waals surface area contributed by atoms with E-state index in [-0.39, 0.29) is 62.3 Å². The van der Waals surface area contributed by atoms with Crippen LogP contribution in [0, 0.1) is 23.7 Å². The summed E-state index contributed by atoms with van der Waals surface area (Å²) < 4.78 is 17.7. The molecule has 98 heavy (non-hydrogen) atoms. The van der Waals surface area contributed by atoms with E-state index in [2.05, 4.69) is 31.9 Å². The lowest BCUT2D eigenvalue weighted by atomic mass is 9.89. The summed E-state index contributed by atoms with van der Waals surface area (Å²) in [5, 5.41) is 36.6. The molecule has 8 N–H and O–H groups in total. The van der Waals surface area contributed by atoms with Crippen LogP contribution < -0.4 is 31.9 Å². The number of carbonyl (C=O) groups is 12. The fourth-order valence-electron chi connectivity index (χ4n) is 12.3. The lowest BCUT2D eigenvalue weighted by Gasteiger charge is -2.41. The normalized spacial score (nSPS) is 17.4. The van der Waals surface area contributed by atoms with Crippen molar-refractivity contribution in [2.75, 3.05) is 46.7 Å². The molecule has 0 radical (unpaired) electrons. The summed E-state index contributed by atoms with van der Waals surface area (Å²) >= 11 is 0. The van der Waals surface area contributed by atoms with Gasteiger partial charge in [-0.1, -0.05) is 128 Å². The molecule has 1 saturated heterocycles. The number of benzene rings is 3. The van der Waals surface area contributed by atoms with E-state index in [4.69, 9.17) is 14.2 Å². The molecule has 27 nitrogen and oxygen atoms in total. The van der Waals surface area contributed by atoms with Crippen LogP contribution in [-0.2, 0) is 80.0 Å². The van der Waals surface area contributed by atoms with Crippen molar-refractivity contribution in [1.82, 2.24) is 46.2 Å². The fourth-order valence-corrected chi connectivity index (χ4v) is 12.3. The van der Waals surface area contributed by atoms with Gasteiger partial charge in [0.25, 0.3) is 11.8 Å². The molecule has 536 valence electrons. The third kappa shape index (κ3) is 22.5. The lowest BCUT2D eigenvalue weighted by molar-refractivity contribution is -0.148. The minimum absolute atomic E-state index is 0.000394. The van der Waals surface area contributed by atoms with Gasteiger partial charge in [0.2, 0.25) is 47.3 Å². The van der Waals surface area contributed by atoms with Crippen LogP contribution in [-0.4, -0.2) is 203 Å². The number of anilines is 1. The van der Waals surface area contributed by atoms with Gasteiger partial charge in [0.1, 0.15) is 36.8 Å². The Morgan fingerprint density at radius 3 is 1.86 bits per heavy atom. The molecule has 2 heterocycles. The second-order valence-electron chi connectivity index (χ2n) is 26.0. The topological polar surface area (TPSA) is 358 Å². The molecule has 0 bridgehead atoms. The summed E-state index contributed by atoms with van der Waals surface area (Å²) in [6, 6.07) is 15.9. The van der Waals surface area contributed by atoms with Crippen molar-refractivity contribution in [3.05, 3.63) is 114 Å². The van der Waals surface area contributed by atoms with Crippen LogP contribution in [0.3, 0.4) is 0 Å². The standard InChI is InChI=1S/C71H100N10O17/c1-14-43(6)62(54(96-12)39-58(85)80-36-21-26-53(80)64(97-13)44(7)65(89)72-45(8)63(88)49-24-19-16-20-25-49)78(10)70(94)60(41(2)3)77-69(93)61(42(4)5)79(11)71(95)98-40-48-27-29-50(30-28-48)74-67(91)51(31-34-59(86)87)76-66(90)46(9)73-68(92)52(38-47-22-17-15-18-23-47)75-55(82)35-37-81-56(83)32-33-57(81)84/h15-20,22-25,27-30,32-33,41-46,51-54,60-64,88H,14,21,26,31,34-40H2,1-13H3,(H,72,89)(H,73,92)(H,74,91)(H,75,82)(H,76,90)(H,77,93)(H,86,87)/t43-,44+,45+,46-,51-,52-,53-,54+,60-,61-,62-,63+,64+/m0/s1. The molecule has 27 heteroatoms. The number of carboxylic acids is 1. The van der Waals surface area contributed by atoms with E-state index in [1.54, 1.807) is 108 Å². The van der Waals surface area contributed by atoms with Crippen LogP contribution in [0.1, 0.15) is 130 Å². The molecule has 13 atom stereocenters. The molecule has 0 saturated carbocycles. The number of rotatable bonds is 37. The molecular weight excluding hydrogens is 1260 g/mol. The molecule has 3 aromatic carbocycles. The molecule has 2 aliphatic rings. The number of hydrogen-bond acceptors (Lipinski definition) is 16. The number of likely N-dealkylation sites (N-methyl/N-ethyl adjacent to an activating group) is 2. The van der Waals surface area contributed by atoms with Crippen molar-refractivity contribution in [3.63, 3.8) is 0 Å². The molecular formula is C71H100N10O17. The van der Waals surface area contributed by atoms with Crippen molar-refractivity contribution in [3.8, 4) is 0 Å². The predicted molar refractivity (Wildman–Crippen MR) is 363 cm³/mol. The van der Waals surface area contributed by atoms with Crippen LogP contribution in [0.4, 0.5) is 10.5 Å². The molecule has 2 aliphatic heterocycles. The second-order valence-corrected chi connectivity index (χ2v) is 26.0. The second kappa shape index (κ2) is 38.2. The first-order valence-corrected chi connectivity index (χ1v) is 33.4. The molecule has 5 rings (SSSR count). The number of carbonyl (C=O) groups excluding carboxylic acids is 11. The number of nitrogens with zero attached hydrogens (tertiary/aromatic N) is 4. The highest BCUT2D eigenvalue weighted by Crippen LogP contribution is 2.31. The van der Waals surface area contributed by atoms with E-state index >= 15 is 0 Å². The number of ether oxygens (including phenoxy) is 3. The van der Waals surface area contributed by atoms with Gasteiger partial charge in [0, 0.05) is 78.5 Å². The Hall–Kier alpha value is -9.08. The Balaban J connectivity index is 1.18. The zero-order valence-electron chi connectivity index (χ0n) is 58.5. The van der Waals surface area contributed by atoms with Crippen LogP contribution >= 0.6 is 0 Å². The summed E-state index contributed by atoms with van der Waals surface area (Å²) in [6.45, 7) is 15.7. The van der Waals surface area contributed by atoms with E-state index < -0.39 is 150 Å². The zero-order valence-corrected chi connectivity index (χ0v) is 58.5. The van der Waals surface area contributed by atoms with Crippen molar-refractivity contribution >= 4 is 76.8 Å². The summed E-state index contributed by atoms with van der Waals surface area (Å²) in [7, 11) is 6.02. The highest BCUT2D eigenvalue weighted by atomic mass is 16.6. The lowest BCUT2D eigenvalue weighted by Crippen LogP contribution is -2.60. The van der Waals surface area contributed by atoms with E-state index in [0.29, 0.717) is 42.5 Å². The molecule has 0 spiro atoms. The predicted octanol–water partition coefficient (Wildman–Crippen LogP) is 4.41. The Morgan fingerprint density at radius 2 is 1.29 bits per heavy atom. The summed E-state index contributed by atoms with van der Waals surface area (Å²) in [5.41, 5.74) is 2.01. The Labute approximate surface area is 573 Å². The average molecular weight is 1370 g/mol. The van der Waals surface area contributed by atoms with Gasteiger partial charge in [0.05, 0.1) is 48.8 Å². The maximum absolute atomic E-state index is 14.8. The van der Waals surface area contributed by atoms with Gasteiger partial charge in [-0.2, -0.15) is 0 Å². The fraction of sp³-hybridized carbons (Fsp3) is 0.549. The van der Waals surface area contributed by atoms with Crippen LogP contribution in [0.15, 0.2) is 97.1 Å². The third-order valence-corrected chi connectivity index (χ3v) is 18.1. The van der Waals surface area contributed by atoms with Crippen LogP contribution in [0.25, 0.3) is 0 Å². The van der Waals surface area contributed by atoms with Gasteiger partial charge in [-0.25, -0.2) is 4.79 Å². The summed E-state index contributed by atoms with van der Waals surface area (Å²) in [4.78, 5) is 166. The maximum Gasteiger partial charge on any atom is 0.410 e. The van der Waals surface area contributed by atoms with Crippen molar-refractivity contribution in [1.29, 1.82) is 0 Å². The van der Waals surface area contributed by atoms with E-state index in [9.17, 15) is 67.7 Å². The highest BCUT2D eigenvalue weighted by molar-refractivity contribution is 6.13. The molecule has 11 amide bonds. The van der Waals surface area contributed by atoms with Crippen LogP contribution in [0.2, 0.25) is 0 Å². The van der Waals surface area contributed by atoms with E-state index in [0.717, 1.165) is 22.0 Å². The number of carboxylic acid groups (broad SMARTS) is 1. The van der Waals surface area contributed by atoms with Crippen molar-refractivity contribution in [2.24, 2.45) is 23.7 Å². The molecule has 3 aromatic rings. The van der Waals surface area contributed by atoms with Gasteiger partial charge < -0.3 is 66.1 Å². The number of aliphatic hydroxyl groups excluding tert-OH is 1. The minimum Gasteiger partial charge on any atom is -0.481 e. The number of aliphatic carboxylic acids is 1. The first-order valence-electron chi connectivity index (χ1n) is 33.4. The quantitative estimate of drug-likeness (QED) is 0.0371. The Bertz CT molecular complexity index is 3240. The van der Waals surface area contributed by atoms with Gasteiger partial charge >= 0.3 is 12.1 Å². The van der Waals surface area contributed by atoms with E-state index in [1.165, 1.54) is 45.2 Å². The third-order valence-electron chi connectivity index (χ3n) is 18.1. The zero-order chi connectivity index (χ0) is 72.7. The SMILES string of the molecule is CC[C@H](C)[C@@H]([C@@H](CC(=O)N1CCC[C@H]1[C@H](OC)[C@@H](C)C(=O)N[C@H](C)[C@@H](O)c1ccccc1)OC)N(C)C(=O)[C@@H](NC(=O)[C@H](C(C)C)N(C)C(=O)OCc1ccc(NC(=O)[C@H](CCC(=O)O)NC(=O)[C@H](C)NC(=O)[C@H](Cc2ccccc2)NC(=O)CCN2C(=O)C=CC2=O)cc1)C(C)C. The smallest absolute Gasteiger partial charge is 0.410 e. The van der Waals surface area contributed by atoms with Gasteiger partial charge in [-0.15, -0.1) is 0 Å². The first-order chi connectivity index (χ1) is 46.4. The Morgan fingerprint density at radius 1 is 0.663 bits per heavy atom. The number of likely N-dealkylation sites (tertiary alicyclic amines) is 1. The number of hydrogen-bond donors (Lipinski definition) is 8. The molecule has 0 unspecified atom stereocenters. The van der Waals surface area contributed by atoms with Crippen molar-refractivity contribution < 1.29 is 82.0 Å². The summed E-state index contributed by atoms with van der Waals surface area (Å²) in [6.07, 6.45) is -0.542. The van der Waals surface area contributed by atoms with E-state index in [1.807, 2.05) is 32.0 Å². The number of amides is 11. The molecule has 0 aromatic heterocycles. The Kier molecular flexibility index (Phi) is 31.0. The largest absolute Gasteiger partial charge is 0.481 e. The average Bonchev–Trinajstić information content (AvgIpc) is 1.37. The number of aliphatic hydroxyl groups is 1. The van der Waals surface area contributed by atoms with Gasteiger partial charge in [-0.3, -0.25) is 62.5 Å². The van der Waals surface area contributed by atoms with Gasteiger partial charge in [0.15, 0.2) is 0 Å². The molecule has 0 aliphatic carbocycles. The van der Waals surface area contributed by atoms with Crippen molar-refractivity contribution in [2.45, 2.75) is 187 Å². The monoisotopic (exact) mass is 1360 g/mol. The molecule has 1 fully saturated rings. The first kappa shape index (κ1) is 79.6. The minimum atomic E-state index is -1.41. The van der Waals surface area contributed by atoms with Crippen LogP contribution in [0.5, 0.6) is 0 Å². The number of methoxy groups -OCH3 is 2.